The Morgan fingerprint density at radius 1 is 1.38 bits per heavy atom. The standard InChI is InChI=1S/C14H27NO/c1-5-15(12(2)3)10-14(11-16)8-6-13(4)7-9-14/h11-13H,5-10H2,1-4H3. The number of nitrogens with zero attached hydrogens (tertiary/aromatic N) is 1. The highest BCUT2D eigenvalue weighted by Gasteiger charge is 2.35. The second-order valence-corrected chi connectivity index (χ2v) is 5.82. The molecular weight excluding hydrogens is 198 g/mol. The van der Waals surface area contributed by atoms with E-state index in [4.69, 9.17) is 0 Å². The molecule has 0 spiro atoms. The van der Waals surface area contributed by atoms with Crippen molar-refractivity contribution in [1.82, 2.24) is 4.90 Å². The van der Waals surface area contributed by atoms with E-state index in [9.17, 15) is 4.79 Å². The van der Waals surface area contributed by atoms with Crippen LogP contribution >= 0.6 is 0 Å². The van der Waals surface area contributed by atoms with Crippen LogP contribution in [0.5, 0.6) is 0 Å². The number of carbonyl (C=O) groups excluding carboxylic acids is 1. The van der Waals surface area contributed by atoms with Gasteiger partial charge in [-0.1, -0.05) is 13.8 Å². The smallest absolute Gasteiger partial charge is 0.127 e. The van der Waals surface area contributed by atoms with Gasteiger partial charge in [-0.3, -0.25) is 0 Å². The van der Waals surface area contributed by atoms with Gasteiger partial charge in [0.05, 0.1) is 0 Å². The number of rotatable bonds is 5. The number of aldehydes is 1. The molecule has 2 nitrogen and oxygen atoms in total. The number of hydrogen-bond acceptors (Lipinski definition) is 2. The van der Waals surface area contributed by atoms with Gasteiger partial charge in [-0.25, -0.2) is 0 Å². The Morgan fingerprint density at radius 3 is 2.31 bits per heavy atom. The van der Waals surface area contributed by atoms with E-state index in [1.165, 1.54) is 19.1 Å². The molecule has 1 aliphatic rings. The Balaban J connectivity index is 2.62. The molecule has 0 atom stereocenters. The van der Waals surface area contributed by atoms with E-state index in [0.29, 0.717) is 6.04 Å². The van der Waals surface area contributed by atoms with Crippen LogP contribution in [0.4, 0.5) is 0 Å². The second kappa shape index (κ2) is 5.81. The fourth-order valence-electron chi connectivity index (χ4n) is 2.71. The molecule has 0 aromatic rings. The summed E-state index contributed by atoms with van der Waals surface area (Å²) in [6, 6.07) is 0.543. The molecule has 1 rings (SSSR count). The quantitative estimate of drug-likeness (QED) is 0.670. The molecule has 0 aromatic heterocycles. The van der Waals surface area contributed by atoms with E-state index in [1.54, 1.807) is 0 Å². The summed E-state index contributed by atoms with van der Waals surface area (Å²) in [6.07, 6.45) is 5.84. The summed E-state index contributed by atoms with van der Waals surface area (Å²) < 4.78 is 0. The lowest BCUT2D eigenvalue weighted by Crippen LogP contribution is -2.44. The topological polar surface area (TPSA) is 20.3 Å². The van der Waals surface area contributed by atoms with E-state index in [-0.39, 0.29) is 5.41 Å². The van der Waals surface area contributed by atoms with Gasteiger partial charge in [0, 0.05) is 18.0 Å². The molecule has 0 saturated heterocycles. The highest BCUT2D eigenvalue weighted by molar-refractivity contribution is 5.60. The summed E-state index contributed by atoms with van der Waals surface area (Å²) in [5.41, 5.74) is -0.0488. The van der Waals surface area contributed by atoms with Gasteiger partial charge in [0.2, 0.25) is 0 Å². The van der Waals surface area contributed by atoms with E-state index < -0.39 is 0 Å². The third-order valence-electron chi connectivity index (χ3n) is 4.17. The zero-order valence-corrected chi connectivity index (χ0v) is 11.3. The molecule has 0 unspecified atom stereocenters. The molecule has 0 N–H and O–H groups in total. The lowest BCUT2D eigenvalue weighted by molar-refractivity contribution is -0.119. The lowest BCUT2D eigenvalue weighted by Gasteiger charge is -2.40. The highest BCUT2D eigenvalue weighted by Crippen LogP contribution is 2.38. The Kier molecular flexibility index (Phi) is 4.97. The molecular formula is C14H27NO. The SMILES string of the molecule is CCN(CC1(C=O)CCC(C)CC1)C(C)C. The van der Waals surface area contributed by atoms with Crippen molar-refractivity contribution in [3.05, 3.63) is 0 Å². The maximum Gasteiger partial charge on any atom is 0.127 e. The lowest BCUT2D eigenvalue weighted by atomic mass is 9.71. The molecule has 0 aromatic carbocycles. The summed E-state index contributed by atoms with van der Waals surface area (Å²) in [5, 5.41) is 0. The molecule has 2 heteroatoms. The number of hydrogen-bond donors (Lipinski definition) is 0. The molecule has 1 aliphatic carbocycles. The first kappa shape index (κ1) is 13.7. The van der Waals surface area contributed by atoms with Crippen LogP contribution in [0.15, 0.2) is 0 Å². The molecule has 94 valence electrons. The molecule has 0 aliphatic heterocycles. The van der Waals surface area contributed by atoms with E-state index in [1.807, 2.05) is 0 Å². The summed E-state index contributed by atoms with van der Waals surface area (Å²) in [6.45, 7) is 10.9. The molecule has 0 bridgehead atoms. The van der Waals surface area contributed by atoms with Gasteiger partial charge < -0.3 is 9.69 Å². The minimum absolute atomic E-state index is 0.0488. The van der Waals surface area contributed by atoms with Crippen molar-refractivity contribution in [3.63, 3.8) is 0 Å². The maximum absolute atomic E-state index is 11.4. The predicted molar refractivity (Wildman–Crippen MR) is 68.5 cm³/mol. The van der Waals surface area contributed by atoms with Gasteiger partial charge in [0.25, 0.3) is 0 Å². The monoisotopic (exact) mass is 225 g/mol. The zero-order chi connectivity index (χ0) is 12.2. The summed E-state index contributed by atoms with van der Waals surface area (Å²) >= 11 is 0. The van der Waals surface area contributed by atoms with Crippen LogP contribution in [0.2, 0.25) is 0 Å². The average molecular weight is 225 g/mol. The second-order valence-electron chi connectivity index (χ2n) is 5.82. The Labute approximate surface area is 100 Å². The Morgan fingerprint density at radius 2 is 1.94 bits per heavy atom. The first-order chi connectivity index (χ1) is 7.53. The summed E-state index contributed by atoms with van der Waals surface area (Å²) in [7, 11) is 0. The number of carbonyl (C=O) groups is 1. The molecule has 1 fully saturated rings. The van der Waals surface area contributed by atoms with Crippen molar-refractivity contribution in [3.8, 4) is 0 Å². The van der Waals surface area contributed by atoms with Crippen LogP contribution < -0.4 is 0 Å². The van der Waals surface area contributed by atoms with Crippen molar-refractivity contribution in [2.45, 2.75) is 59.4 Å². The van der Waals surface area contributed by atoms with Gasteiger partial charge in [0.1, 0.15) is 6.29 Å². The van der Waals surface area contributed by atoms with Crippen LogP contribution in [0.1, 0.15) is 53.4 Å². The van der Waals surface area contributed by atoms with Crippen LogP contribution in [-0.4, -0.2) is 30.3 Å². The van der Waals surface area contributed by atoms with Gasteiger partial charge in [0.15, 0.2) is 0 Å². The first-order valence-corrected chi connectivity index (χ1v) is 6.73. The van der Waals surface area contributed by atoms with Crippen LogP contribution in [0.25, 0.3) is 0 Å². The van der Waals surface area contributed by atoms with E-state index in [0.717, 1.165) is 31.8 Å². The van der Waals surface area contributed by atoms with E-state index in [2.05, 4.69) is 32.6 Å². The Hall–Kier alpha value is -0.370. The molecule has 0 heterocycles. The third-order valence-corrected chi connectivity index (χ3v) is 4.17. The van der Waals surface area contributed by atoms with Crippen LogP contribution in [-0.2, 0) is 4.79 Å². The van der Waals surface area contributed by atoms with Crippen molar-refractivity contribution in [1.29, 1.82) is 0 Å². The summed E-state index contributed by atoms with van der Waals surface area (Å²) in [5.74, 6) is 0.808. The minimum atomic E-state index is -0.0488. The third kappa shape index (κ3) is 3.31. The van der Waals surface area contributed by atoms with Crippen molar-refractivity contribution in [2.24, 2.45) is 11.3 Å². The minimum Gasteiger partial charge on any atom is -0.303 e. The average Bonchev–Trinajstić information content (AvgIpc) is 2.28. The van der Waals surface area contributed by atoms with Gasteiger partial charge in [-0.05, 0) is 52.0 Å². The van der Waals surface area contributed by atoms with Crippen molar-refractivity contribution in [2.75, 3.05) is 13.1 Å². The summed E-state index contributed by atoms with van der Waals surface area (Å²) in [4.78, 5) is 13.9. The highest BCUT2D eigenvalue weighted by atomic mass is 16.1. The van der Waals surface area contributed by atoms with Crippen LogP contribution in [0.3, 0.4) is 0 Å². The Bertz CT molecular complexity index is 217. The first-order valence-electron chi connectivity index (χ1n) is 6.73. The van der Waals surface area contributed by atoms with Gasteiger partial charge in [-0.2, -0.15) is 0 Å². The van der Waals surface area contributed by atoms with Gasteiger partial charge >= 0.3 is 0 Å². The molecule has 0 radical (unpaired) electrons. The normalized spacial score (nSPS) is 31.0. The molecule has 1 saturated carbocycles. The van der Waals surface area contributed by atoms with Crippen molar-refractivity contribution < 1.29 is 4.79 Å². The van der Waals surface area contributed by atoms with Crippen LogP contribution in [0, 0.1) is 11.3 Å². The van der Waals surface area contributed by atoms with E-state index >= 15 is 0 Å². The largest absolute Gasteiger partial charge is 0.303 e. The maximum atomic E-state index is 11.4. The predicted octanol–water partition coefficient (Wildman–Crippen LogP) is 3.11. The van der Waals surface area contributed by atoms with Crippen molar-refractivity contribution >= 4 is 6.29 Å². The van der Waals surface area contributed by atoms with Gasteiger partial charge in [-0.15, -0.1) is 0 Å². The fourth-order valence-corrected chi connectivity index (χ4v) is 2.71. The molecule has 0 amide bonds. The fraction of sp³-hybridized carbons (Fsp3) is 0.929. The zero-order valence-electron chi connectivity index (χ0n) is 11.3. The molecule has 16 heavy (non-hydrogen) atoms.